The van der Waals surface area contributed by atoms with Crippen LogP contribution in [-0.2, 0) is 0 Å². The molecule has 0 amide bonds. The molecule has 1 heterocycles. The molecule has 0 radical (unpaired) electrons. The van der Waals surface area contributed by atoms with Gasteiger partial charge in [0.05, 0.1) is 16.6 Å². The van der Waals surface area contributed by atoms with Crippen LogP contribution in [0.2, 0.25) is 5.02 Å². The van der Waals surface area contributed by atoms with Gasteiger partial charge >= 0.3 is 0 Å². The molecule has 0 spiro atoms. The van der Waals surface area contributed by atoms with Crippen LogP contribution in [0, 0.1) is 17.6 Å². The van der Waals surface area contributed by atoms with E-state index in [0.29, 0.717) is 11.7 Å². The first-order valence-corrected chi connectivity index (χ1v) is 6.18. The zero-order valence-electron chi connectivity index (χ0n) is 9.74. The molecule has 1 saturated carbocycles. The summed E-state index contributed by atoms with van der Waals surface area (Å²) in [6.45, 7) is 0. The van der Waals surface area contributed by atoms with Crippen LogP contribution in [0.15, 0.2) is 16.7 Å². The van der Waals surface area contributed by atoms with E-state index in [-0.39, 0.29) is 22.5 Å². The summed E-state index contributed by atoms with van der Waals surface area (Å²) in [6, 6.07) is 1.48. The third kappa shape index (κ3) is 2.33. The number of nitrogens with zero attached hydrogens (tertiary/aromatic N) is 2. The van der Waals surface area contributed by atoms with E-state index in [2.05, 4.69) is 10.1 Å². The Kier molecular flexibility index (Phi) is 2.99. The molecule has 1 aromatic carbocycles. The fourth-order valence-corrected chi connectivity index (χ4v) is 1.98. The lowest BCUT2D eigenvalue weighted by atomic mass is 10.2. The van der Waals surface area contributed by atoms with Crippen molar-refractivity contribution in [3.63, 3.8) is 0 Å². The lowest BCUT2D eigenvalue weighted by Gasteiger charge is -2.02. The second-order valence-corrected chi connectivity index (χ2v) is 4.97. The minimum Gasteiger partial charge on any atom is -0.334 e. The van der Waals surface area contributed by atoms with Gasteiger partial charge in [0, 0.05) is 0 Å². The van der Waals surface area contributed by atoms with Crippen LogP contribution in [-0.4, -0.2) is 10.1 Å². The second kappa shape index (κ2) is 4.54. The molecular formula is C12H10ClF2N3O. The highest BCUT2D eigenvalue weighted by Gasteiger charge is 2.33. The largest absolute Gasteiger partial charge is 0.334 e. The Morgan fingerprint density at radius 3 is 2.74 bits per heavy atom. The second-order valence-electron chi connectivity index (χ2n) is 4.57. The predicted octanol–water partition coefficient (Wildman–Crippen LogP) is 3.08. The maximum absolute atomic E-state index is 13.7. The fourth-order valence-electron chi connectivity index (χ4n) is 1.83. The quantitative estimate of drug-likeness (QED) is 0.880. The summed E-state index contributed by atoms with van der Waals surface area (Å²) < 4.78 is 32.0. The third-order valence-electron chi connectivity index (χ3n) is 3.11. The van der Waals surface area contributed by atoms with E-state index >= 15 is 0 Å². The molecule has 1 aromatic heterocycles. The monoisotopic (exact) mass is 285 g/mol. The normalized spacial score (nSPS) is 16.6. The molecule has 1 aliphatic rings. The molecule has 0 saturated heterocycles. The van der Waals surface area contributed by atoms with Gasteiger partial charge in [0.25, 0.3) is 5.89 Å². The zero-order valence-corrected chi connectivity index (χ0v) is 10.5. The first-order chi connectivity index (χ1) is 9.06. The summed E-state index contributed by atoms with van der Waals surface area (Å²) in [5.41, 5.74) is 5.79. The van der Waals surface area contributed by atoms with Crippen LogP contribution in [0.4, 0.5) is 8.78 Å². The minimum atomic E-state index is -0.746. The van der Waals surface area contributed by atoms with E-state index < -0.39 is 11.6 Å². The Balaban J connectivity index is 1.96. The van der Waals surface area contributed by atoms with Crippen molar-refractivity contribution in [1.29, 1.82) is 0 Å². The number of halogens is 3. The molecule has 3 rings (SSSR count). The molecular weight excluding hydrogens is 276 g/mol. The average Bonchev–Trinajstić information content (AvgIpc) is 3.11. The molecule has 0 bridgehead atoms. The standard InChI is InChI=1S/C12H10ClF2N3O/c13-7-4-8(14)6(3-9(7)15)12-17-11(18-19-12)10(16)5-1-2-5/h3-5,10H,1-2,16H2. The maximum Gasteiger partial charge on any atom is 0.261 e. The summed E-state index contributed by atoms with van der Waals surface area (Å²) in [6.07, 6.45) is 2.05. The number of aromatic nitrogens is 2. The fraction of sp³-hybridized carbons (Fsp3) is 0.333. The van der Waals surface area contributed by atoms with Crippen molar-refractivity contribution in [3.05, 3.63) is 34.6 Å². The molecule has 1 fully saturated rings. The van der Waals surface area contributed by atoms with Gasteiger partial charge in [-0.3, -0.25) is 0 Å². The molecule has 1 unspecified atom stereocenters. The van der Waals surface area contributed by atoms with Crippen molar-refractivity contribution in [3.8, 4) is 11.5 Å². The van der Waals surface area contributed by atoms with Gasteiger partial charge in [0.2, 0.25) is 0 Å². The molecule has 1 atom stereocenters. The first kappa shape index (κ1) is 12.5. The zero-order chi connectivity index (χ0) is 13.6. The van der Waals surface area contributed by atoms with Gasteiger partial charge in [-0.1, -0.05) is 16.8 Å². The number of hydrogen-bond donors (Lipinski definition) is 1. The van der Waals surface area contributed by atoms with Gasteiger partial charge in [0.15, 0.2) is 5.82 Å². The van der Waals surface area contributed by atoms with Gasteiger partial charge in [-0.05, 0) is 30.9 Å². The van der Waals surface area contributed by atoms with E-state index in [0.717, 1.165) is 25.0 Å². The van der Waals surface area contributed by atoms with Crippen molar-refractivity contribution in [1.82, 2.24) is 10.1 Å². The third-order valence-corrected chi connectivity index (χ3v) is 3.40. The number of benzene rings is 1. The van der Waals surface area contributed by atoms with Crippen molar-refractivity contribution in [2.75, 3.05) is 0 Å². The molecule has 100 valence electrons. The molecule has 0 aliphatic heterocycles. The molecule has 19 heavy (non-hydrogen) atoms. The van der Waals surface area contributed by atoms with E-state index in [9.17, 15) is 8.78 Å². The van der Waals surface area contributed by atoms with E-state index in [1.807, 2.05) is 0 Å². The molecule has 2 N–H and O–H groups in total. The molecule has 2 aromatic rings. The summed E-state index contributed by atoms with van der Waals surface area (Å²) in [5.74, 6) is -0.908. The number of hydrogen-bond acceptors (Lipinski definition) is 4. The SMILES string of the molecule is NC(c1noc(-c2cc(F)c(Cl)cc2F)n1)C1CC1. The lowest BCUT2D eigenvalue weighted by molar-refractivity contribution is 0.409. The minimum absolute atomic E-state index is 0.0980. The van der Waals surface area contributed by atoms with Gasteiger partial charge in [-0.15, -0.1) is 0 Å². The van der Waals surface area contributed by atoms with Crippen LogP contribution in [0.1, 0.15) is 24.7 Å². The van der Waals surface area contributed by atoms with Gasteiger partial charge in [-0.25, -0.2) is 8.78 Å². The summed E-state index contributed by atoms with van der Waals surface area (Å²) in [7, 11) is 0. The van der Waals surface area contributed by atoms with Crippen LogP contribution >= 0.6 is 11.6 Å². The highest BCUT2D eigenvalue weighted by atomic mass is 35.5. The van der Waals surface area contributed by atoms with Crippen LogP contribution < -0.4 is 5.73 Å². The summed E-state index contributed by atoms with van der Waals surface area (Å²) in [4.78, 5) is 4.02. The highest BCUT2D eigenvalue weighted by Crippen LogP contribution is 2.39. The van der Waals surface area contributed by atoms with Crippen molar-refractivity contribution in [2.45, 2.75) is 18.9 Å². The van der Waals surface area contributed by atoms with E-state index in [1.165, 1.54) is 0 Å². The molecule has 7 heteroatoms. The molecule has 1 aliphatic carbocycles. The Morgan fingerprint density at radius 1 is 1.32 bits per heavy atom. The van der Waals surface area contributed by atoms with Gasteiger partial charge in [0.1, 0.15) is 11.6 Å². The smallest absolute Gasteiger partial charge is 0.261 e. The predicted molar refractivity (Wildman–Crippen MR) is 64.3 cm³/mol. The topological polar surface area (TPSA) is 64.9 Å². The summed E-state index contributed by atoms with van der Waals surface area (Å²) in [5, 5.41) is 3.42. The van der Waals surface area contributed by atoms with Gasteiger partial charge in [-0.2, -0.15) is 4.98 Å². The average molecular weight is 286 g/mol. The first-order valence-electron chi connectivity index (χ1n) is 5.80. The van der Waals surface area contributed by atoms with Crippen molar-refractivity contribution >= 4 is 11.6 Å². The van der Waals surface area contributed by atoms with E-state index in [4.69, 9.17) is 21.9 Å². The Morgan fingerprint density at radius 2 is 2.05 bits per heavy atom. The Labute approximate surface area is 112 Å². The molecule has 4 nitrogen and oxygen atoms in total. The van der Waals surface area contributed by atoms with Crippen LogP contribution in [0.25, 0.3) is 11.5 Å². The van der Waals surface area contributed by atoms with Crippen molar-refractivity contribution in [2.24, 2.45) is 11.7 Å². The lowest BCUT2D eigenvalue weighted by Crippen LogP contribution is -2.13. The van der Waals surface area contributed by atoms with Crippen molar-refractivity contribution < 1.29 is 13.3 Å². The maximum atomic E-state index is 13.7. The Bertz CT molecular complexity index is 627. The van der Waals surface area contributed by atoms with Gasteiger partial charge < -0.3 is 10.3 Å². The van der Waals surface area contributed by atoms with Crippen LogP contribution in [0.5, 0.6) is 0 Å². The van der Waals surface area contributed by atoms with Crippen LogP contribution in [0.3, 0.4) is 0 Å². The number of nitrogens with two attached hydrogens (primary N) is 1. The number of rotatable bonds is 3. The van der Waals surface area contributed by atoms with E-state index in [1.54, 1.807) is 0 Å². The Hall–Kier alpha value is -1.53. The summed E-state index contributed by atoms with van der Waals surface area (Å²) >= 11 is 5.48. The highest BCUT2D eigenvalue weighted by molar-refractivity contribution is 6.30.